The van der Waals surface area contributed by atoms with Gasteiger partial charge in [0, 0.05) is 25.6 Å². The first kappa shape index (κ1) is 18.7. The summed E-state index contributed by atoms with van der Waals surface area (Å²) in [6, 6.07) is 9.36. The van der Waals surface area contributed by atoms with Crippen LogP contribution in [0.4, 0.5) is 0 Å². The quantitative estimate of drug-likeness (QED) is 0.861. The molecule has 1 saturated carbocycles. The van der Waals surface area contributed by atoms with Crippen LogP contribution in [-0.2, 0) is 11.2 Å². The van der Waals surface area contributed by atoms with E-state index in [9.17, 15) is 4.79 Å². The number of nitrogens with one attached hydrogen (secondary N) is 1. The lowest BCUT2D eigenvalue weighted by Gasteiger charge is -2.34. The molecule has 1 aliphatic heterocycles. The average Bonchev–Trinajstić information content (AvgIpc) is 3.45. The predicted octanol–water partition coefficient (Wildman–Crippen LogP) is 3.91. The molecule has 1 aromatic carbocycles. The third kappa shape index (κ3) is 4.77. The van der Waals surface area contributed by atoms with Crippen molar-refractivity contribution in [1.82, 2.24) is 10.2 Å². The molecule has 2 fully saturated rings. The van der Waals surface area contributed by atoms with E-state index in [1.807, 2.05) is 0 Å². The number of piperidine rings is 1. The van der Waals surface area contributed by atoms with E-state index in [4.69, 9.17) is 0 Å². The number of nitrogens with zero attached hydrogens (tertiary/aromatic N) is 1. The van der Waals surface area contributed by atoms with Gasteiger partial charge in [0.25, 0.3) is 0 Å². The van der Waals surface area contributed by atoms with Crippen molar-refractivity contribution in [2.45, 2.75) is 63.3 Å². The molecule has 1 heterocycles. The second-order valence-corrected chi connectivity index (χ2v) is 8.00. The molecule has 1 saturated heterocycles. The zero-order chi connectivity index (χ0) is 16.4. The maximum Gasteiger partial charge on any atom is 0.223 e. The Hall–Kier alpha value is -1.06. The van der Waals surface area contributed by atoms with Crippen molar-refractivity contribution < 1.29 is 4.79 Å². The molecule has 1 amide bonds. The van der Waals surface area contributed by atoms with Gasteiger partial charge in [-0.05, 0) is 74.5 Å². The van der Waals surface area contributed by atoms with Gasteiger partial charge in [-0.3, -0.25) is 4.79 Å². The number of carbonyl (C=O) groups is 1. The molecular weight excluding hydrogens is 332 g/mol. The average molecular weight is 363 g/mol. The zero-order valence-corrected chi connectivity index (χ0v) is 15.9. The molecule has 4 rings (SSSR count). The molecule has 1 aromatic rings. The first-order valence-electron chi connectivity index (χ1n) is 9.88. The molecule has 2 aliphatic carbocycles. The van der Waals surface area contributed by atoms with E-state index < -0.39 is 0 Å². The molecule has 0 radical (unpaired) electrons. The Kier molecular flexibility index (Phi) is 6.40. The Morgan fingerprint density at radius 2 is 1.84 bits per heavy atom. The number of rotatable bonds is 5. The Balaban J connectivity index is 0.00000182. The largest absolute Gasteiger partial charge is 0.343 e. The van der Waals surface area contributed by atoms with Crippen LogP contribution in [-0.4, -0.2) is 36.5 Å². The molecule has 1 atom stereocenters. The topological polar surface area (TPSA) is 32.3 Å². The van der Waals surface area contributed by atoms with Gasteiger partial charge in [-0.2, -0.15) is 0 Å². The molecule has 4 heteroatoms. The van der Waals surface area contributed by atoms with Gasteiger partial charge in [0.1, 0.15) is 0 Å². The summed E-state index contributed by atoms with van der Waals surface area (Å²) in [6.45, 7) is 3.07. The molecule has 1 unspecified atom stereocenters. The van der Waals surface area contributed by atoms with Crippen LogP contribution in [0.3, 0.4) is 0 Å². The summed E-state index contributed by atoms with van der Waals surface area (Å²) in [5.41, 5.74) is 2.89. The smallest absolute Gasteiger partial charge is 0.223 e. The monoisotopic (exact) mass is 362 g/mol. The minimum Gasteiger partial charge on any atom is -0.343 e. The molecule has 0 aromatic heterocycles. The lowest BCUT2D eigenvalue weighted by molar-refractivity contribution is -0.132. The summed E-state index contributed by atoms with van der Waals surface area (Å²) in [6.07, 6.45) is 9.35. The number of aryl methyl sites for hydroxylation is 1. The number of hydrogen-bond acceptors (Lipinski definition) is 2. The maximum atomic E-state index is 12.8. The SMILES string of the molecule is Cl.O=C(CC1CCCc2ccccc21)N1CCC(NCC2CC2)CC1. The van der Waals surface area contributed by atoms with Crippen LogP contribution in [0.15, 0.2) is 24.3 Å². The number of carbonyl (C=O) groups excluding carboxylic acids is 1. The van der Waals surface area contributed by atoms with Gasteiger partial charge in [0.2, 0.25) is 5.91 Å². The van der Waals surface area contributed by atoms with Crippen LogP contribution in [0.5, 0.6) is 0 Å². The van der Waals surface area contributed by atoms with E-state index in [0.29, 0.717) is 24.3 Å². The van der Waals surface area contributed by atoms with Gasteiger partial charge in [-0.1, -0.05) is 24.3 Å². The Labute approximate surface area is 158 Å². The van der Waals surface area contributed by atoms with Crippen LogP contribution >= 0.6 is 12.4 Å². The standard InChI is InChI=1S/C21H30N2O.ClH/c24-21(14-18-6-3-5-17-4-1-2-7-20(17)18)23-12-10-19(11-13-23)22-15-16-8-9-16;/h1-2,4,7,16,18-19,22H,3,5-6,8-15H2;1H. The van der Waals surface area contributed by atoms with E-state index >= 15 is 0 Å². The first-order chi connectivity index (χ1) is 11.8. The van der Waals surface area contributed by atoms with Gasteiger partial charge in [0.05, 0.1) is 0 Å². The van der Waals surface area contributed by atoms with Gasteiger partial charge in [0.15, 0.2) is 0 Å². The highest BCUT2D eigenvalue weighted by molar-refractivity contribution is 5.85. The fourth-order valence-corrected chi connectivity index (χ4v) is 4.39. The van der Waals surface area contributed by atoms with Crippen LogP contribution in [0.1, 0.15) is 62.0 Å². The number of likely N-dealkylation sites (tertiary alicyclic amines) is 1. The minimum absolute atomic E-state index is 0. The molecule has 3 nitrogen and oxygen atoms in total. The zero-order valence-electron chi connectivity index (χ0n) is 15.1. The van der Waals surface area contributed by atoms with E-state index in [1.165, 1.54) is 49.8 Å². The van der Waals surface area contributed by atoms with Crippen molar-refractivity contribution in [3.05, 3.63) is 35.4 Å². The van der Waals surface area contributed by atoms with E-state index in [-0.39, 0.29) is 12.4 Å². The summed E-state index contributed by atoms with van der Waals surface area (Å²) in [5.74, 6) is 1.75. The molecule has 3 aliphatic rings. The van der Waals surface area contributed by atoms with Crippen molar-refractivity contribution in [1.29, 1.82) is 0 Å². The van der Waals surface area contributed by atoms with Gasteiger partial charge >= 0.3 is 0 Å². The third-order valence-corrected chi connectivity index (χ3v) is 6.15. The van der Waals surface area contributed by atoms with Crippen molar-refractivity contribution in [2.24, 2.45) is 5.92 Å². The molecule has 25 heavy (non-hydrogen) atoms. The third-order valence-electron chi connectivity index (χ3n) is 6.15. The van der Waals surface area contributed by atoms with Crippen molar-refractivity contribution in [2.75, 3.05) is 19.6 Å². The second kappa shape index (κ2) is 8.55. The fraction of sp³-hybridized carbons (Fsp3) is 0.667. The fourth-order valence-electron chi connectivity index (χ4n) is 4.39. The van der Waals surface area contributed by atoms with Gasteiger partial charge < -0.3 is 10.2 Å². The summed E-state index contributed by atoms with van der Waals surface area (Å²) in [4.78, 5) is 14.9. The molecule has 0 spiro atoms. The summed E-state index contributed by atoms with van der Waals surface area (Å²) >= 11 is 0. The Morgan fingerprint density at radius 1 is 1.08 bits per heavy atom. The molecule has 1 N–H and O–H groups in total. The van der Waals surface area contributed by atoms with Crippen LogP contribution in [0, 0.1) is 5.92 Å². The highest BCUT2D eigenvalue weighted by Crippen LogP contribution is 2.34. The highest BCUT2D eigenvalue weighted by Gasteiger charge is 2.28. The van der Waals surface area contributed by atoms with Gasteiger partial charge in [-0.15, -0.1) is 12.4 Å². The second-order valence-electron chi connectivity index (χ2n) is 8.00. The van der Waals surface area contributed by atoms with Crippen LogP contribution < -0.4 is 5.32 Å². The normalized spacial score (nSPS) is 23.7. The summed E-state index contributed by atoms with van der Waals surface area (Å²) < 4.78 is 0. The Bertz CT molecular complexity index is 579. The van der Waals surface area contributed by atoms with Crippen LogP contribution in [0.25, 0.3) is 0 Å². The van der Waals surface area contributed by atoms with Crippen molar-refractivity contribution in [3.8, 4) is 0 Å². The molecule has 0 bridgehead atoms. The number of fused-ring (bicyclic) bond motifs is 1. The lowest BCUT2D eigenvalue weighted by atomic mass is 9.81. The van der Waals surface area contributed by atoms with E-state index in [0.717, 1.165) is 31.8 Å². The minimum atomic E-state index is 0. The van der Waals surface area contributed by atoms with Gasteiger partial charge in [-0.25, -0.2) is 0 Å². The number of hydrogen-bond donors (Lipinski definition) is 1. The first-order valence-corrected chi connectivity index (χ1v) is 9.88. The molecular formula is C21H31ClN2O. The van der Waals surface area contributed by atoms with E-state index in [1.54, 1.807) is 0 Å². The number of amides is 1. The number of halogens is 1. The van der Waals surface area contributed by atoms with E-state index in [2.05, 4.69) is 34.5 Å². The molecule has 138 valence electrons. The lowest BCUT2D eigenvalue weighted by Crippen LogP contribution is -2.45. The van der Waals surface area contributed by atoms with Crippen molar-refractivity contribution in [3.63, 3.8) is 0 Å². The predicted molar refractivity (Wildman–Crippen MR) is 104 cm³/mol. The number of benzene rings is 1. The summed E-state index contributed by atoms with van der Waals surface area (Å²) in [7, 11) is 0. The highest BCUT2D eigenvalue weighted by atomic mass is 35.5. The Morgan fingerprint density at radius 3 is 2.60 bits per heavy atom. The van der Waals surface area contributed by atoms with Crippen LogP contribution in [0.2, 0.25) is 0 Å². The summed E-state index contributed by atoms with van der Waals surface area (Å²) in [5, 5.41) is 3.70. The van der Waals surface area contributed by atoms with Crippen molar-refractivity contribution >= 4 is 18.3 Å². The maximum absolute atomic E-state index is 12.8.